The third kappa shape index (κ3) is 8.56. The zero-order valence-electron chi connectivity index (χ0n) is 13.6. The van der Waals surface area contributed by atoms with Gasteiger partial charge in [0.15, 0.2) is 11.6 Å². The first-order chi connectivity index (χ1) is 11.0. The average Bonchev–Trinajstić information content (AvgIpc) is 2.52. The van der Waals surface area contributed by atoms with Crippen LogP contribution in [0.2, 0.25) is 0 Å². The molecule has 5 nitrogen and oxygen atoms in total. The van der Waals surface area contributed by atoms with Gasteiger partial charge in [0.05, 0.1) is 6.61 Å². The minimum absolute atomic E-state index is 0.0387. The van der Waals surface area contributed by atoms with Crippen molar-refractivity contribution >= 4 is 17.5 Å². The molecule has 0 saturated heterocycles. The number of allylic oxidation sites excluding steroid dienone is 1. The molecule has 0 radical (unpaired) electrons. The van der Waals surface area contributed by atoms with E-state index in [9.17, 15) is 14.4 Å². The summed E-state index contributed by atoms with van der Waals surface area (Å²) in [4.78, 5) is 33.1. The van der Waals surface area contributed by atoms with E-state index in [-0.39, 0.29) is 17.5 Å². The van der Waals surface area contributed by atoms with E-state index >= 15 is 0 Å². The molecule has 23 heavy (non-hydrogen) atoms. The van der Waals surface area contributed by atoms with Gasteiger partial charge in [-0.3, -0.25) is 14.4 Å². The Balaban J connectivity index is 2.08. The van der Waals surface area contributed by atoms with Crippen LogP contribution < -0.4 is 10.1 Å². The van der Waals surface area contributed by atoms with Gasteiger partial charge in [-0.05, 0) is 63.5 Å². The molecule has 0 aliphatic rings. The van der Waals surface area contributed by atoms with Crippen LogP contribution in [0.1, 0.15) is 43.5 Å². The Morgan fingerprint density at radius 3 is 2.30 bits per heavy atom. The number of ketones is 2. The number of rotatable bonds is 10. The predicted molar refractivity (Wildman–Crippen MR) is 88.6 cm³/mol. The maximum Gasteiger partial charge on any atom is 0.244 e. The van der Waals surface area contributed by atoms with Crippen LogP contribution in [0, 0.1) is 0 Å². The Bertz CT molecular complexity index is 561. The summed E-state index contributed by atoms with van der Waals surface area (Å²) in [5, 5.41) is 2.71. The van der Waals surface area contributed by atoms with Crippen molar-refractivity contribution in [1.29, 1.82) is 0 Å². The van der Waals surface area contributed by atoms with Crippen molar-refractivity contribution in [3.8, 4) is 5.75 Å². The highest BCUT2D eigenvalue weighted by atomic mass is 16.5. The maximum absolute atomic E-state index is 11.3. The lowest BCUT2D eigenvalue weighted by atomic mass is 10.1. The van der Waals surface area contributed by atoms with Gasteiger partial charge in [0, 0.05) is 18.2 Å². The Morgan fingerprint density at radius 1 is 1.00 bits per heavy atom. The van der Waals surface area contributed by atoms with Crippen LogP contribution in [0.25, 0.3) is 0 Å². The molecule has 0 bridgehead atoms. The topological polar surface area (TPSA) is 72.5 Å². The van der Waals surface area contributed by atoms with Gasteiger partial charge >= 0.3 is 0 Å². The van der Waals surface area contributed by atoms with Gasteiger partial charge < -0.3 is 10.1 Å². The van der Waals surface area contributed by atoms with Crippen LogP contribution in [0.5, 0.6) is 5.75 Å². The van der Waals surface area contributed by atoms with E-state index in [1.807, 2.05) is 0 Å². The SMILES string of the molecule is CC(=O)/C=C\C(=O)NCCCCCOc1ccc(C(C)=O)cc1. The van der Waals surface area contributed by atoms with Crippen molar-refractivity contribution in [3.05, 3.63) is 42.0 Å². The first-order valence-electron chi connectivity index (χ1n) is 7.69. The van der Waals surface area contributed by atoms with E-state index < -0.39 is 0 Å². The minimum atomic E-state index is -0.248. The quantitative estimate of drug-likeness (QED) is 0.409. The Kier molecular flexibility index (Phi) is 8.36. The van der Waals surface area contributed by atoms with Crippen LogP contribution in [0.4, 0.5) is 0 Å². The van der Waals surface area contributed by atoms with Crippen molar-refractivity contribution in [2.24, 2.45) is 0 Å². The summed E-state index contributed by atoms with van der Waals surface area (Å²) in [5.41, 5.74) is 0.673. The van der Waals surface area contributed by atoms with Crippen molar-refractivity contribution in [3.63, 3.8) is 0 Å². The van der Waals surface area contributed by atoms with Crippen molar-refractivity contribution in [2.75, 3.05) is 13.2 Å². The van der Waals surface area contributed by atoms with Crippen molar-refractivity contribution in [1.82, 2.24) is 5.32 Å². The fourth-order valence-corrected chi connectivity index (χ4v) is 1.84. The summed E-state index contributed by atoms with van der Waals surface area (Å²) in [6.45, 7) is 4.11. The van der Waals surface area contributed by atoms with Crippen LogP contribution >= 0.6 is 0 Å². The molecule has 0 spiro atoms. The predicted octanol–water partition coefficient (Wildman–Crippen LogP) is 2.70. The zero-order chi connectivity index (χ0) is 17.1. The third-order valence-corrected chi connectivity index (χ3v) is 3.12. The molecule has 1 aromatic carbocycles. The number of nitrogens with one attached hydrogen (secondary N) is 1. The van der Waals surface area contributed by atoms with E-state index in [0.29, 0.717) is 18.7 Å². The standard InChI is InChI=1S/C18H23NO4/c1-14(20)6-11-18(22)19-12-4-3-5-13-23-17-9-7-16(8-10-17)15(2)21/h6-11H,3-5,12-13H2,1-2H3,(H,19,22)/b11-6-. The molecule has 124 valence electrons. The molecule has 0 atom stereocenters. The molecule has 0 aromatic heterocycles. The van der Waals surface area contributed by atoms with Gasteiger partial charge in [-0.2, -0.15) is 0 Å². The first kappa shape index (κ1) is 18.6. The number of carbonyl (C=O) groups excluding carboxylic acids is 3. The molecule has 0 saturated carbocycles. The number of Topliss-reactive ketones (excluding diaryl/α,β-unsaturated/α-hetero) is 1. The number of benzene rings is 1. The van der Waals surface area contributed by atoms with E-state index in [2.05, 4.69) is 5.32 Å². The van der Waals surface area contributed by atoms with Gasteiger partial charge in [0.25, 0.3) is 0 Å². The molecule has 1 N–H and O–H groups in total. The van der Waals surface area contributed by atoms with Gasteiger partial charge in [-0.25, -0.2) is 0 Å². The third-order valence-electron chi connectivity index (χ3n) is 3.12. The number of hydrogen-bond acceptors (Lipinski definition) is 4. The normalized spacial score (nSPS) is 10.5. The number of carbonyl (C=O) groups is 3. The van der Waals surface area contributed by atoms with Gasteiger partial charge in [0.1, 0.15) is 5.75 Å². The molecule has 0 heterocycles. The molecule has 1 aromatic rings. The van der Waals surface area contributed by atoms with Crippen LogP contribution in [0.15, 0.2) is 36.4 Å². The second kappa shape index (κ2) is 10.3. The zero-order valence-corrected chi connectivity index (χ0v) is 13.6. The second-order valence-corrected chi connectivity index (χ2v) is 5.22. The highest BCUT2D eigenvalue weighted by Crippen LogP contribution is 2.13. The molecule has 5 heteroatoms. The summed E-state index contributed by atoms with van der Waals surface area (Å²) >= 11 is 0. The summed E-state index contributed by atoms with van der Waals surface area (Å²) < 4.78 is 5.59. The number of unbranched alkanes of at least 4 members (excludes halogenated alkanes) is 2. The molecule has 0 unspecified atom stereocenters. The second-order valence-electron chi connectivity index (χ2n) is 5.22. The molecule has 0 fully saturated rings. The van der Waals surface area contributed by atoms with Gasteiger partial charge in [0.2, 0.25) is 5.91 Å². The maximum atomic E-state index is 11.3. The summed E-state index contributed by atoms with van der Waals surface area (Å²) in [6, 6.07) is 7.08. The average molecular weight is 317 g/mol. The van der Waals surface area contributed by atoms with E-state index in [0.717, 1.165) is 25.0 Å². The summed E-state index contributed by atoms with van der Waals surface area (Å²) in [5.74, 6) is 0.394. The highest BCUT2D eigenvalue weighted by Gasteiger charge is 2.00. The summed E-state index contributed by atoms with van der Waals surface area (Å²) in [6.07, 6.45) is 5.17. The lowest BCUT2D eigenvalue weighted by molar-refractivity contribution is -0.117. The van der Waals surface area contributed by atoms with Gasteiger partial charge in [-0.1, -0.05) is 0 Å². The smallest absolute Gasteiger partial charge is 0.244 e. The summed E-state index contributed by atoms with van der Waals surface area (Å²) in [7, 11) is 0. The molecular weight excluding hydrogens is 294 g/mol. The number of hydrogen-bond donors (Lipinski definition) is 1. The van der Waals surface area contributed by atoms with E-state index in [1.54, 1.807) is 24.3 Å². The molecule has 1 rings (SSSR count). The fraction of sp³-hybridized carbons (Fsp3) is 0.389. The highest BCUT2D eigenvalue weighted by molar-refractivity contribution is 5.96. The molecular formula is C18H23NO4. The molecule has 1 amide bonds. The van der Waals surface area contributed by atoms with Crippen LogP contribution in [-0.4, -0.2) is 30.6 Å². The number of amides is 1. The van der Waals surface area contributed by atoms with Crippen molar-refractivity contribution in [2.45, 2.75) is 33.1 Å². The molecule has 0 aliphatic carbocycles. The fourth-order valence-electron chi connectivity index (χ4n) is 1.84. The van der Waals surface area contributed by atoms with Crippen LogP contribution in [0.3, 0.4) is 0 Å². The van der Waals surface area contributed by atoms with E-state index in [1.165, 1.54) is 26.0 Å². The monoisotopic (exact) mass is 317 g/mol. The lowest BCUT2D eigenvalue weighted by Crippen LogP contribution is -2.22. The Labute approximate surface area is 136 Å². The Hall–Kier alpha value is -2.43. The number of ether oxygens (including phenoxy) is 1. The molecule has 0 aliphatic heterocycles. The lowest BCUT2D eigenvalue weighted by Gasteiger charge is -2.07. The van der Waals surface area contributed by atoms with E-state index in [4.69, 9.17) is 4.74 Å². The Morgan fingerprint density at radius 2 is 1.70 bits per heavy atom. The first-order valence-corrected chi connectivity index (χ1v) is 7.69. The van der Waals surface area contributed by atoms with Crippen LogP contribution in [-0.2, 0) is 9.59 Å². The minimum Gasteiger partial charge on any atom is -0.494 e. The largest absolute Gasteiger partial charge is 0.494 e. The van der Waals surface area contributed by atoms with Crippen molar-refractivity contribution < 1.29 is 19.1 Å². The van der Waals surface area contributed by atoms with Gasteiger partial charge in [-0.15, -0.1) is 0 Å².